The molecule has 0 N–H and O–H groups in total. The van der Waals surface area contributed by atoms with Gasteiger partial charge in [-0.3, -0.25) is 14.4 Å². The second-order valence-corrected chi connectivity index (χ2v) is 9.54. The molecule has 9 heteroatoms. The molecule has 1 fully saturated rings. The standard InChI is InChI=1S/C22H22FNO6S/c1-30-20(25)14-31(28,29)17-10-12-24(13-11-17)22(27)19-5-3-2-4-18(19)21(26)15-6-8-16(23)9-7-15/h2-9,17H,10-14H2,1H3. The van der Waals surface area contributed by atoms with Crippen molar-refractivity contribution < 1.29 is 31.9 Å². The predicted octanol–water partition coefficient (Wildman–Crippen LogP) is 2.25. The van der Waals surface area contributed by atoms with Gasteiger partial charge in [-0.05, 0) is 43.2 Å². The molecule has 2 aromatic carbocycles. The molecule has 3 rings (SSSR count). The molecule has 0 unspecified atom stereocenters. The SMILES string of the molecule is COC(=O)CS(=O)(=O)C1CCN(C(=O)c2ccccc2C(=O)c2ccc(F)cc2)CC1. The largest absolute Gasteiger partial charge is 0.468 e. The number of piperidine rings is 1. The number of benzene rings is 2. The highest BCUT2D eigenvalue weighted by atomic mass is 32.2. The topological polar surface area (TPSA) is 97.8 Å². The van der Waals surface area contributed by atoms with Crippen molar-refractivity contribution in [3.63, 3.8) is 0 Å². The molecule has 1 aliphatic rings. The fraction of sp³-hybridized carbons (Fsp3) is 0.318. The zero-order valence-electron chi connectivity index (χ0n) is 16.9. The van der Waals surface area contributed by atoms with Gasteiger partial charge < -0.3 is 9.64 Å². The lowest BCUT2D eigenvalue weighted by Gasteiger charge is -2.32. The van der Waals surface area contributed by atoms with Crippen molar-refractivity contribution in [1.29, 1.82) is 0 Å². The van der Waals surface area contributed by atoms with E-state index in [2.05, 4.69) is 4.74 Å². The summed E-state index contributed by atoms with van der Waals surface area (Å²) in [6.45, 7) is 0.367. The van der Waals surface area contributed by atoms with Crippen LogP contribution in [-0.4, -0.2) is 62.2 Å². The van der Waals surface area contributed by atoms with Crippen LogP contribution in [0, 0.1) is 5.82 Å². The highest BCUT2D eigenvalue weighted by molar-refractivity contribution is 7.92. The number of amides is 1. The number of hydrogen-bond donors (Lipinski definition) is 0. The summed E-state index contributed by atoms with van der Waals surface area (Å²) >= 11 is 0. The van der Waals surface area contributed by atoms with Crippen molar-refractivity contribution in [3.05, 3.63) is 71.0 Å². The maximum absolute atomic E-state index is 13.2. The van der Waals surface area contributed by atoms with E-state index < -0.39 is 38.4 Å². The van der Waals surface area contributed by atoms with Crippen molar-refractivity contribution in [3.8, 4) is 0 Å². The third-order valence-electron chi connectivity index (χ3n) is 5.29. The summed E-state index contributed by atoms with van der Waals surface area (Å²) < 4.78 is 42.3. The first-order valence-corrected chi connectivity index (χ1v) is 11.4. The summed E-state index contributed by atoms with van der Waals surface area (Å²) in [4.78, 5) is 38.8. The van der Waals surface area contributed by atoms with Crippen LogP contribution in [0.1, 0.15) is 39.1 Å². The zero-order valence-corrected chi connectivity index (χ0v) is 17.7. The average Bonchev–Trinajstić information content (AvgIpc) is 2.78. The second-order valence-electron chi connectivity index (χ2n) is 7.26. The van der Waals surface area contributed by atoms with Crippen LogP contribution in [0.15, 0.2) is 48.5 Å². The molecule has 7 nitrogen and oxygen atoms in total. The van der Waals surface area contributed by atoms with Crippen LogP contribution in [0.25, 0.3) is 0 Å². The molecule has 0 atom stereocenters. The number of likely N-dealkylation sites (tertiary alicyclic amines) is 1. The maximum atomic E-state index is 13.2. The number of nitrogens with zero attached hydrogens (tertiary/aromatic N) is 1. The Morgan fingerprint density at radius 1 is 1.00 bits per heavy atom. The van der Waals surface area contributed by atoms with Crippen LogP contribution < -0.4 is 0 Å². The Bertz CT molecular complexity index is 1090. The third kappa shape index (κ3) is 5.16. The summed E-state index contributed by atoms with van der Waals surface area (Å²) in [7, 11) is -2.54. The molecular formula is C22H22FNO6S. The Hall–Kier alpha value is -3.07. The van der Waals surface area contributed by atoms with E-state index in [4.69, 9.17) is 0 Å². The lowest BCUT2D eigenvalue weighted by Crippen LogP contribution is -2.44. The number of ether oxygens (including phenoxy) is 1. The minimum Gasteiger partial charge on any atom is -0.468 e. The Morgan fingerprint density at radius 3 is 2.16 bits per heavy atom. The van der Waals surface area contributed by atoms with E-state index in [0.717, 1.165) is 7.11 Å². The minimum atomic E-state index is -3.67. The number of carbonyl (C=O) groups is 3. The van der Waals surface area contributed by atoms with E-state index >= 15 is 0 Å². The molecule has 0 bridgehead atoms. The zero-order chi connectivity index (χ0) is 22.6. The van der Waals surface area contributed by atoms with Crippen LogP contribution in [0.2, 0.25) is 0 Å². The molecule has 0 saturated carbocycles. The quantitative estimate of drug-likeness (QED) is 0.498. The third-order valence-corrected chi connectivity index (χ3v) is 7.42. The van der Waals surface area contributed by atoms with E-state index in [0.29, 0.717) is 0 Å². The number of halogens is 1. The van der Waals surface area contributed by atoms with Gasteiger partial charge >= 0.3 is 5.97 Å². The van der Waals surface area contributed by atoms with Crippen molar-refractivity contribution in [1.82, 2.24) is 4.90 Å². The maximum Gasteiger partial charge on any atom is 0.320 e. The number of hydrogen-bond acceptors (Lipinski definition) is 6. The van der Waals surface area contributed by atoms with Gasteiger partial charge in [0, 0.05) is 24.2 Å². The van der Waals surface area contributed by atoms with Crippen LogP contribution in [0.4, 0.5) is 4.39 Å². The minimum absolute atomic E-state index is 0.184. The summed E-state index contributed by atoms with van der Waals surface area (Å²) in [5.74, 6) is -2.75. The number of carbonyl (C=O) groups excluding carboxylic acids is 3. The first kappa shape index (κ1) is 22.6. The Morgan fingerprint density at radius 2 is 1.58 bits per heavy atom. The molecule has 0 spiro atoms. The first-order valence-electron chi connectivity index (χ1n) is 9.70. The normalized spacial score (nSPS) is 14.8. The molecule has 1 amide bonds. The van der Waals surface area contributed by atoms with Crippen molar-refractivity contribution in [2.75, 3.05) is 26.0 Å². The number of sulfone groups is 1. The summed E-state index contributed by atoms with van der Waals surface area (Å²) in [6, 6.07) is 11.4. The molecule has 1 heterocycles. The highest BCUT2D eigenvalue weighted by Crippen LogP contribution is 2.23. The highest BCUT2D eigenvalue weighted by Gasteiger charge is 2.34. The first-order chi connectivity index (χ1) is 14.7. The fourth-order valence-electron chi connectivity index (χ4n) is 3.55. The van der Waals surface area contributed by atoms with Crippen LogP contribution in [0.5, 0.6) is 0 Å². The van der Waals surface area contributed by atoms with Crippen molar-refractivity contribution >= 4 is 27.5 Å². The Kier molecular flexibility index (Phi) is 6.84. The van der Waals surface area contributed by atoms with E-state index in [1.807, 2.05) is 0 Å². The van der Waals surface area contributed by atoms with Crippen molar-refractivity contribution in [2.24, 2.45) is 0 Å². The number of ketones is 1. The molecule has 164 valence electrons. The van der Waals surface area contributed by atoms with E-state index in [1.165, 1.54) is 35.2 Å². The second kappa shape index (κ2) is 9.38. The van der Waals surface area contributed by atoms with Gasteiger partial charge in [-0.1, -0.05) is 18.2 Å². The number of esters is 1. The van der Waals surface area contributed by atoms with Crippen molar-refractivity contribution in [2.45, 2.75) is 18.1 Å². The van der Waals surface area contributed by atoms with Gasteiger partial charge in [-0.15, -0.1) is 0 Å². The molecule has 0 radical (unpaired) electrons. The van der Waals surface area contributed by atoms with E-state index in [1.54, 1.807) is 18.2 Å². The Labute approximate surface area is 179 Å². The average molecular weight is 447 g/mol. The summed E-state index contributed by atoms with van der Waals surface area (Å²) in [5.41, 5.74) is 0.654. The number of methoxy groups -OCH3 is 1. The van der Waals surface area contributed by atoms with E-state index in [9.17, 15) is 27.2 Å². The van der Waals surface area contributed by atoms with Crippen LogP contribution in [-0.2, 0) is 19.4 Å². The van der Waals surface area contributed by atoms with Gasteiger partial charge in [-0.25, -0.2) is 12.8 Å². The Balaban J connectivity index is 1.74. The summed E-state index contributed by atoms with van der Waals surface area (Å²) in [6.07, 6.45) is 0.387. The molecule has 1 aliphatic heterocycles. The molecular weight excluding hydrogens is 425 g/mol. The molecule has 1 saturated heterocycles. The smallest absolute Gasteiger partial charge is 0.320 e. The number of rotatable bonds is 6. The predicted molar refractivity (Wildman–Crippen MR) is 111 cm³/mol. The van der Waals surface area contributed by atoms with Crippen LogP contribution in [0.3, 0.4) is 0 Å². The van der Waals surface area contributed by atoms with Gasteiger partial charge in [0.1, 0.15) is 11.6 Å². The molecule has 2 aromatic rings. The molecule has 0 aromatic heterocycles. The molecule has 31 heavy (non-hydrogen) atoms. The lowest BCUT2D eigenvalue weighted by atomic mass is 9.97. The lowest BCUT2D eigenvalue weighted by molar-refractivity contribution is -0.137. The summed E-state index contributed by atoms with van der Waals surface area (Å²) in [5, 5.41) is -0.730. The van der Waals surface area contributed by atoms with Gasteiger partial charge in [0.25, 0.3) is 5.91 Å². The van der Waals surface area contributed by atoms with Gasteiger partial charge in [0.05, 0.1) is 17.9 Å². The van der Waals surface area contributed by atoms with E-state index in [-0.39, 0.29) is 48.5 Å². The van der Waals surface area contributed by atoms with Gasteiger partial charge in [0.15, 0.2) is 15.6 Å². The monoisotopic (exact) mass is 447 g/mol. The molecule has 0 aliphatic carbocycles. The van der Waals surface area contributed by atoms with Gasteiger partial charge in [0.2, 0.25) is 0 Å². The van der Waals surface area contributed by atoms with Crippen LogP contribution >= 0.6 is 0 Å². The fourth-order valence-corrected chi connectivity index (χ4v) is 5.16. The van der Waals surface area contributed by atoms with Gasteiger partial charge in [-0.2, -0.15) is 0 Å².